The summed E-state index contributed by atoms with van der Waals surface area (Å²) in [6, 6.07) is 14.3. The third-order valence-electron chi connectivity index (χ3n) is 5.06. The summed E-state index contributed by atoms with van der Waals surface area (Å²) in [5, 5.41) is 4.16. The van der Waals surface area contributed by atoms with Gasteiger partial charge in [0.05, 0.1) is 0 Å². The standard InChI is InChI=1S/C22H23N3O2/c1-4-16-5-7-19(8-6-16)25-13-18(12-20(25)26)21-23-22(27-24-21)17-10-14(2)9-15(3)11-17/h5-11,18H,4,12-13H2,1-3H3. The topological polar surface area (TPSA) is 59.2 Å². The van der Waals surface area contributed by atoms with Crippen molar-refractivity contribution in [1.29, 1.82) is 0 Å². The van der Waals surface area contributed by atoms with Crippen LogP contribution in [0.3, 0.4) is 0 Å². The Morgan fingerprint density at radius 3 is 2.48 bits per heavy atom. The molecular formula is C22H23N3O2. The minimum absolute atomic E-state index is 0.0493. The number of nitrogens with zero attached hydrogens (tertiary/aromatic N) is 3. The molecule has 0 radical (unpaired) electrons. The Bertz CT molecular complexity index is 955. The molecule has 0 N–H and O–H groups in total. The van der Waals surface area contributed by atoms with Gasteiger partial charge in [-0.3, -0.25) is 4.79 Å². The highest BCUT2D eigenvalue weighted by Crippen LogP contribution is 2.32. The molecule has 138 valence electrons. The predicted molar refractivity (Wildman–Crippen MR) is 105 cm³/mol. The maximum atomic E-state index is 12.5. The van der Waals surface area contributed by atoms with E-state index >= 15 is 0 Å². The van der Waals surface area contributed by atoms with Crippen LogP contribution in [0.5, 0.6) is 0 Å². The van der Waals surface area contributed by atoms with E-state index < -0.39 is 0 Å². The second-order valence-electron chi connectivity index (χ2n) is 7.26. The van der Waals surface area contributed by atoms with Gasteiger partial charge in [-0.15, -0.1) is 0 Å². The summed E-state index contributed by atoms with van der Waals surface area (Å²) in [4.78, 5) is 18.9. The molecule has 1 amide bonds. The first-order chi connectivity index (χ1) is 13.0. The number of hydrogen-bond donors (Lipinski definition) is 0. The Hall–Kier alpha value is -2.95. The molecule has 0 saturated carbocycles. The van der Waals surface area contributed by atoms with Crippen LogP contribution in [0.15, 0.2) is 47.0 Å². The molecule has 0 spiro atoms. The smallest absolute Gasteiger partial charge is 0.257 e. The number of benzene rings is 2. The average Bonchev–Trinajstić information content (AvgIpc) is 3.28. The molecule has 1 atom stereocenters. The summed E-state index contributed by atoms with van der Waals surface area (Å²) in [6.45, 7) is 6.79. The van der Waals surface area contributed by atoms with Crippen molar-refractivity contribution in [2.45, 2.75) is 39.5 Å². The number of amides is 1. The number of rotatable bonds is 4. The van der Waals surface area contributed by atoms with E-state index in [4.69, 9.17) is 4.52 Å². The number of aryl methyl sites for hydroxylation is 3. The van der Waals surface area contributed by atoms with Crippen molar-refractivity contribution in [3.05, 3.63) is 65.0 Å². The molecule has 27 heavy (non-hydrogen) atoms. The molecule has 5 heteroatoms. The van der Waals surface area contributed by atoms with Gasteiger partial charge in [-0.2, -0.15) is 4.98 Å². The van der Waals surface area contributed by atoms with E-state index in [9.17, 15) is 4.79 Å². The molecule has 1 aliphatic rings. The Labute approximate surface area is 159 Å². The first-order valence-electron chi connectivity index (χ1n) is 9.35. The Balaban J connectivity index is 1.54. The lowest BCUT2D eigenvalue weighted by molar-refractivity contribution is -0.117. The van der Waals surface area contributed by atoms with Gasteiger partial charge in [0.15, 0.2) is 5.82 Å². The van der Waals surface area contributed by atoms with Gasteiger partial charge in [-0.05, 0) is 50.1 Å². The van der Waals surface area contributed by atoms with Gasteiger partial charge in [0.1, 0.15) is 0 Å². The molecule has 1 fully saturated rings. The van der Waals surface area contributed by atoms with E-state index in [2.05, 4.69) is 35.3 Å². The van der Waals surface area contributed by atoms with Gasteiger partial charge in [0, 0.05) is 30.1 Å². The van der Waals surface area contributed by atoms with Gasteiger partial charge in [-0.25, -0.2) is 0 Å². The lowest BCUT2D eigenvalue weighted by Gasteiger charge is -2.16. The van der Waals surface area contributed by atoms with Crippen LogP contribution >= 0.6 is 0 Å². The normalized spacial score (nSPS) is 16.9. The second-order valence-corrected chi connectivity index (χ2v) is 7.26. The van der Waals surface area contributed by atoms with Gasteiger partial charge in [-0.1, -0.05) is 41.4 Å². The highest BCUT2D eigenvalue weighted by Gasteiger charge is 2.34. The van der Waals surface area contributed by atoms with Crippen molar-refractivity contribution in [3.8, 4) is 11.5 Å². The molecule has 1 aliphatic heterocycles. The van der Waals surface area contributed by atoms with Crippen molar-refractivity contribution in [2.24, 2.45) is 0 Å². The lowest BCUT2D eigenvalue weighted by atomic mass is 10.1. The van der Waals surface area contributed by atoms with Crippen LogP contribution < -0.4 is 4.90 Å². The van der Waals surface area contributed by atoms with Crippen molar-refractivity contribution in [3.63, 3.8) is 0 Å². The van der Waals surface area contributed by atoms with Gasteiger partial charge < -0.3 is 9.42 Å². The number of aromatic nitrogens is 2. The van der Waals surface area contributed by atoms with Crippen molar-refractivity contribution in [1.82, 2.24) is 10.1 Å². The third kappa shape index (κ3) is 3.50. The second kappa shape index (κ2) is 6.99. The largest absolute Gasteiger partial charge is 0.334 e. The maximum absolute atomic E-state index is 12.5. The van der Waals surface area contributed by atoms with Crippen molar-refractivity contribution in [2.75, 3.05) is 11.4 Å². The van der Waals surface area contributed by atoms with Crippen LogP contribution in [0.2, 0.25) is 0 Å². The molecule has 1 aromatic heterocycles. The SMILES string of the molecule is CCc1ccc(N2CC(c3noc(-c4cc(C)cc(C)c4)n3)CC2=O)cc1. The summed E-state index contributed by atoms with van der Waals surface area (Å²) >= 11 is 0. The highest BCUT2D eigenvalue weighted by atomic mass is 16.5. The number of carbonyl (C=O) groups excluding carboxylic acids is 1. The maximum Gasteiger partial charge on any atom is 0.257 e. The predicted octanol–water partition coefficient (Wildman–Crippen LogP) is 4.44. The average molecular weight is 361 g/mol. The van der Waals surface area contributed by atoms with Crippen LogP contribution in [0.25, 0.3) is 11.5 Å². The summed E-state index contributed by atoms with van der Waals surface area (Å²) < 4.78 is 5.49. The third-order valence-corrected chi connectivity index (χ3v) is 5.06. The van der Waals surface area contributed by atoms with E-state index in [0.29, 0.717) is 24.7 Å². The van der Waals surface area contributed by atoms with Crippen molar-refractivity contribution < 1.29 is 9.32 Å². The van der Waals surface area contributed by atoms with Gasteiger partial charge in [0.25, 0.3) is 5.89 Å². The summed E-state index contributed by atoms with van der Waals surface area (Å²) in [5.74, 6) is 1.16. The molecule has 5 nitrogen and oxygen atoms in total. The fourth-order valence-electron chi connectivity index (χ4n) is 3.66. The minimum Gasteiger partial charge on any atom is -0.334 e. The fourth-order valence-corrected chi connectivity index (χ4v) is 3.66. The van der Waals surface area contributed by atoms with Gasteiger partial charge in [0.2, 0.25) is 5.91 Å². The van der Waals surface area contributed by atoms with Crippen LogP contribution in [-0.4, -0.2) is 22.6 Å². The first-order valence-corrected chi connectivity index (χ1v) is 9.35. The number of carbonyl (C=O) groups is 1. The van der Waals surface area contributed by atoms with E-state index in [1.54, 1.807) is 0 Å². The Morgan fingerprint density at radius 2 is 1.81 bits per heavy atom. The summed E-state index contributed by atoms with van der Waals surface area (Å²) in [6.07, 6.45) is 1.39. The highest BCUT2D eigenvalue weighted by molar-refractivity contribution is 5.96. The molecule has 3 aromatic rings. The Kier molecular flexibility index (Phi) is 4.52. The van der Waals surface area contributed by atoms with E-state index in [0.717, 1.165) is 28.8 Å². The monoisotopic (exact) mass is 361 g/mol. The summed E-state index contributed by atoms with van der Waals surface area (Å²) in [5.41, 5.74) is 5.42. The summed E-state index contributed by atoms with van der Waals surface area (Å²) in [7, 11) is 0. The van der Waals surface area contributed by atoms with Crippen LogP contribution in [0, 0.1) is 13.8 Å². The molecule has 0 aliphatic carbocycles. The molecular weight excluding hydrogens is 338 g/mol. The number of hydrogen-bond acceptors (Lipinski definition) is 4. The minimum atomic E-state index is -0.0493. The van der Waals surface area contributed by atoms with Crippen LogP contribution in [0.1, 0.15) is 41.8 Å². The fraction of sp³-hybridized carbons (Fsp3) is 0.318. The van der Waals surface area contributed by atoms with Gasteiger partial charge >= 0.3 is 0 Å². The molecule has 1 saturated heterocycles. The number of anilines is 1. The van der Waals surface area contributed by atoms with E-state index in [1.807, 2.05) is 43.0 Å². The zero-order valence-electron chi connectivity index (χ0n) is 15.9. The van der Waals surface area contributed by atoms with E-state index in [1.165, 1.54) is 5.56 Å². The van der Waals surface area contributed by atoms with Crippen LogP contribution in [-0.2, 0) is 11.2 Å². The zero-order valence-corrected chi connectivity index (χ0v) is 15.9. The lowest BCUT2D eigenvalue weighted by Crippen LogP contribution is -2.24. The molecule has 2 aromatic carbocycles. The molecule has 4 rings (SSSR count). The molecule has 1 unspecified atom stereocenters. The zero-order chi connectivity index (χ0) is 19.0. The van der Waals surface area contributed by atoms with Crippen LogP contribution in [0.4, 0.5) is 5.69 Å². The van der Waals surface area contributed by atoms with E-state index in [-0.39, 0.29) is 11.8 Å². The molecule has 2 heterocycles. The Morgan fingerprint density at radius 1 is 1.11 bits per heavy atom. The molecule has 0 bridgehead atoms. The van der Waals surface area contributed by atoms with Crippen molar-refractivity contribution >= 4 is 11.6 Å². The quantitative estimate of drug-likeness (QED) is 0.689. The first kappa shape index (κ1) is 17.5.